The number of hydrogen-bond donors (Lipinski definition) is 0. The minimum Gasteiger partial charge on any atom is -0.336 e. The highest BCUT2D eigenvalue weighted by molar-refractivity contribution is 7.13. The molecule has 2 aromatic carbocycles. The number of thiophene rings is 1. The molecular weight excluding hydrogens is 425 g/mol. The van der Waals surface area contributed by atoms with E-state index >= 15 is 0 Å². The molecule has 4 aromatic rings. The number of halogens is 2. The van der Waals surface area contributed by atoms with Crippen LogP contribution in [0.4, 0.5) is 0 Å². The summed E-state index contributed by atoms with van der Waals surface area (Å²) in [5.41, 5.74) is 3.01. The Kier molecular flexibility index (Phi) is 5.72. The summed E-state index contributed by atoms with van der Waals surface area (Å²) in [6.07, 6.45) is 0. The van der Waals surface area contributed by atoms with Gasteiger partial charge in [-0.05, 0) is 47.3 Å². The van der Waals surface area contributed by atoms with E-state index in [1.54, 1.807) is 40.1 Å². The number of carbonyl (C=O) groups excluding carboxylic acids is 1. The molecule has 0 bridgehead atoms. The van der Waals surface area contributed by atoms with Crippen molar-refractivity contribution in [1.29, 1.82) is 0 Å². The van der Waals surface area contributed by atoms with Crippen LogP contribution in [0.1, 0.15) is 16.1 Å². The smallest absolute Gasteiger partial charge is 0.272 e. The maximum absolute atomic E-state index is 13.3. The topological polar surface area (TPSA) is 38.1 Å². The van der Waals surface area contributed by atoms with Crippen LogP contribution >= 0.6 is 34.5 Å². The van der Waals surface area contributed by atoms with E-state index in [9.17, 15) is 4.79 Å². The van der Waals surface area contributed by atoms with Crippen LogP contribution in [0.25, 0.3) is 16.3 Å². The number of aromatic nitrogens is 2. The molecule has 1 amide bonds. The highest BCUT2D eigenvalue weighted by Gasteiger charge is 2.21. The van der Waals surface area contributed by atoms with Crippen molar-refractivity contribution < 1.29 is 4.79 Å². The summed E-state index contributed by atoms with van der Waals surface area (Å²) in [6.45, 7) is 0.407. The average molecular weight is 442 g/mol. The zero-order valence-electron chi connectivity index (χ0n) is 15.5. The molecule has 0 aliphatic carbocycles. The van der Waals surface area contributed by atoms with E-state index in [-0.39, 0.29) is 5.91 Å². The van der Waals surface area contributed by atoms with Gasteiger partial charge in [-0.2, -0.15) is 5.10 Å². The van der Waals surface area contributed by atoms with Crippen molar-refractivity contribution in [2.45, 2.75) is 6.54 Å². The van der Waals surface area contributed by atoms with E-state index in [1.165, 1.54) is 0 Å². The molecular formula is C22H17Cl2N3OS. The molecule has 0 saturated carbocycles. The van der Waals surface area contributed by atoms with Gasteiger partial charge in [0.15, 0.2) is 0 Å². The third kappa shape index (κ3) is 4.22. The number of carbonyl (C=O) groups is 1. The summed E-state index contributed by atoms with van der Waals surface area (Å²) in [6, 6.07) is 20.8. The fraction of sp³-hybridized carbons (Fsp3) is 0.0909. The van der Waals surface area contributed by atoms with Gasteiger partial charge in [0.05, 0.1) is 20.6 Å². The van der Waals surface area contributed by atoms with Crippen molar-refractivity contribution in [2.75, 3.05) is 7.05 Å². The molecule has 2 heterocycles. The number of nitrogens with zero attached hydrogens (tertiary/aromatic N) is 3. The Hall–Kier alpha value is -2.60. The van der Waals surface area contributed by atoms with Crippen molar-refractivity contribution in [1.82, 2.24) is 14.7 Å². The zero-order chi connectivity index (χ0) is 20.4. The van der Waals surface area contributed by atoms with E-state index in [0.717, 1.165) is 21.8 Å². The molecule has 4 nitrogen and oxygen atoms in total. The first-order valence-electron chi connectivity index (χ1n) is 8.91. The fourth-order valence-corrected chi connectivity index (χ4v) is 4.03. The van der Waals surface area contributed by atoms with Crippen molar-refractivity contribution in [3.05, 3.63) is 93.4 Å². The third-order valence-corrected chi connectivity index (χ3v) is 6.08. The van der Waals surface area contributed by atoms with Gasteiger partial charge >= 0.3 is 0 Å². The summed E-state index contributed by atoms with van der Waals surface area (Å²) in [5.74, 6) is -0.129. The predicted octanol–water partition coefficient (Wildman–Crippen LogP) is 6.18. The fourth-order valence-electron chi connectivity index (χ4n) is 3.02. The average Bonchev–Trinajstić information content (AvgIpc) is 3.40. The van der Waals surface area contributed by atoms with Gasteiger partial charge in [0.1, 0.15) is 11.4 Å². The first-order valence-corrected chi connectivity index (χ1v) is 10.6. The molecule has 0 unspecified atom stereocenters. The quantitative estimate of drug-likeness (QED) is 0.370. The van der Waals surface area contributed by atoms with Gasteiger partial charge in [0.2, 0.25) is 0 Å². The molecule has 0 spiro atoms. The van der Waals surface area contributed by atoms with Crippen molar-refractivity contribution >= 4 is 40.4 Å². The van der Waals surface area contributed by atoms with Gasteiger partial charge in [-0.15, -0.1) is 11.3 Å². The molecule has 0 saturated heterocycles. The monoisotopic (exact) mass is 441 g/mol. The van der Waals surface area contributed by atoms with Gasteiger partial charge in [0, 0.05) is 13.6 Å². The molecule has 0 aliphatic heterocycles. The molecule has 146 valence electrons. The van der Waals surface area contributed by atoms with Crippen LogP contribution < -0.4 is 0 Å². The van der Waals surface area contributed by atoms with Crippen LogP contribution in [-0.2, 0) is 6.54 Å². The van der Waals surface area contributed by atoms with Crippen molar-refractivity contribution in [2.24, 2.45) is 0 Å². The maximum Gasteiger partial charge on any atom is 0.272 e. The number of amides is 1. The van der Waals surface area contributed by atoms with Gasteiger partial charge in [-0.3, -0.25) is 4.79 Å². The van der Waals surface area contributed by atoms with E-state index in [0.29, 0.717) is 22.3 Å². The molecule has 0 aliphatic rings. The molecule has 29 heavy (non-hydrogen) atoms. The highest BCUT2D eigenvalue weighted by atomic mass is 35.5. The van der Waals surface area contributed by atoms with Gasteiger partial charge < -0.3 is 4.90 Å². The molecule has 4 rings (SSSR count). The first-order chi connectivity index (χ1) is 14.0. The second-order valence-corrected chi connectivity index (χ2v) is 8.31. The molecule has 0 atom stereocenters. The molecule has 0 N–H and O–H groups in total. The van der Waals surface area contributed by atoms with Crippen LogP contribution in [0.3, 0.4) is 0 Å². The van der Waals surface area contributed by atoms with Crippen LogP contribution in [0.15, 0.2) is 72.1 Å². The van der Waals surface area contributed by atoms with Gasteiger partial charge in [-0.25, -0.2) is 4.68 Å². The Balaban J connectivity index is 1.68. The Morgan fingerprint density at radius 3 is 2.52 bits per heavy atom. The lowest BCUT2D eigenvalue weighted by Gasteiger charge is -2.18. The van der Waals surface area contributed by atoms with Crippen molar-refractivity contribution in [3.8, 4) is 16.3 Å². The highest BCUT2D eigenvalue weighted by Crippen LogP contribution is 2.27. The lowest BCUT2D eigenvalue weighted by atomic mass is 10.2. The maximum atomic E-state index is 13.3. The number of para-hydroxylation sites is 1. The van der Waals surface area contributed by atoms with Crippen molar-refractivity contribution in [3.63, 3.8) is 0 Å². The van der Waals surface area contributed by atoms with Crippen LogP contribution in [0.2, 0.25) is 10.0 Å². The standard InChI is InChI=1S/C22H17Cl2N3OS/c1-26(14-15-9-10-17(23)18(24)12-15)22(28)20-13-19(21-8-5-11-29-21)25-27(20)16-6-3-2-4-7-16/h2-13H,14H2,1H3. The van der Waals surface area contributed by atoms with Gasteiger partial charge in [0.25, 0.3) is 5.91 Å². The van der Waals surface area contributed by atoms with Crippen LogP contribution in [-0.4, -0.2) is 27.6 Å². The lowest BCUT2D eigenvalue weighted by molar-refractivity contribution is 0.0776. The molecule has 0 radical (unpaired) electrons. The molecule has 2 aromatic heterocycles. The predicted molar refractivity (Wildman–Crippen MR) is 119 cm³/mol. The Bertz CT molecular complexity index is 1140. The lowest BCUT2D eigenvalue weighted by Crippen LogP contribution is -2.28. The minimum absolute atomic E-state index is 0.129. The summed E-state index contributed by atoms with van der Waals surface area (Å²) < 4.78 is 1.70. The van der Waals surface area contributed by atoms with Crippen LogP contribution in [0, 0.1) is 0 Å². The summed E-state index contributed by atoms with van der Waals surface area (Å²) in [7, 11) is 1.76. The van der Waals surface area contributed by atoms with Crippen LogP contribution in [0.5, 0.6) is 0 Å². The largest absolute Gasteiger partial charge is 0.336 e. The normalized spacial score (nSPS) is 10.9. The second kappa shape index (κ2) is 8.41. The summed E-state index contributed by atoms with van der Waals surface area (Å²) in [4.78, 5) is 15.9. The third-order valence-electron chi connectivity index (χ3n) is 4.45. The summed E-state index contributed by atoms with van der Waals surface area (Å²) in [5, 5.41) is 7.66. The first kappa shape index (κ1) is 19.7. The summed E-state index contributed by atoms with van der Waals surface area (Å²) >= 11 is 13.7. The minimum atomic E-state index is -0.129. The Morgan fingerprint density at radius 2 is 1.83 bits per heavy atom. The number of benzene rings is 2. The number of rotatable bonds is 5. The number of hydrogen-bond acceptors (Lipinski definition) is 3. The van der Waals surface area contributed by atoms with E-state index < -0.39 is 0 Å². The molecule has 7 heteroatoms. The van der Waals surface area contributed by atoms with E-state index in [1.807, 2.05) is 60.0 Å². The second-order valence-electron chi connectivity index (χ2n) is 6.55. The Labute approximate surface area is 182 Å². The molecule has 0 fully saturated rings. The SMILES string of the molecule is CN(Cc1ccc(Cl)c(Cl)c1)C(=O)c1cc(-c2cccs2)nn1-c1ccccc1. The zero-order valence-corrected chi connectivity index (χ0v) is 17.9. The van der Waals surface area contributed by atoms with Gasteiger partial charge in [-0.1, -0.05) is 53.5 Å². The Morgan fingerprint density at radius 1 is 1.03 bits per heavy atom. The van der Waals surface area contributed by atoms with E-state index in [4.69, 9.17) is 28.3 Å². The van der Waals surface area contributed by atoms with E-state index in [2.05, 4.69) is 0 Å².